The van der Waals surface area contributed by atoms with Gasteiger partial charge in [0.25, 0.3) is 5.91 Å². The molecule has 1 saturated heterocycles. The van der Waals surface area contributed by atoms with Crippen LogP contribution in [-0.4, -0.2) is 54.6 Å². The van der Waals surface area contributed by atoms with Gasteiger partial charge in [0.05, 0.1) is 35.9 Å². The van der Waals surface area contributed by atoms with Crippen molar-refractivity contribution in [2.75, 3.05) is 38.2 Å². The van der Waals surface area contributed by atoms with Crippen LogP contribution in [0.4, 0.5) is 5.69 Å². The topological polar surface area (TPSA) is 86.9 Å². The van der Waals surface area contributed by atoms with Crippen LogP contribution in [0.2, 0.25) is 0 Å². The van der Waals surface area contributed by atoms with E-state index < -0.39 is 5.97 Å². The Balaban J connectivity index is 1.49. The van der Waals surface area contributed by atoms with E-state index in [2.05, 4.69) is 10.4 Å². The molecule has 1 aromatic heterocycles. The summed E-state index contributed by atoms with van der Waals surface area (Å²) in [6.45, 7) is 7.82. The van der Waals surface area contributed by atoms with Crippen LogP contribution in [0.25, 0.3) is 0 Å². The molecular formula is C20H27N4O4+. The van der Waals surface area contributed by atoms with E-state index >= 15 is 0 Å². The Morgan fingerprint density at radius 3 is 2.50 bits per heavy atom. The van der Waals surface area contributed by atoms with Crippen LogP contribution in [0, 0.1) is 13.8 Å². The van der Waals surface area contributed by atoms with Gasteiger partial charge in [-0.1, -0.05) is 12.1 Å². The molecule has 0 aliphatic carbocycles. The zero-order chi connectivity index (χ0) is 20.1. The van der Waals surface area contributed by atoms with Gasteiger partial charge < -0.3 is 19.7 Å². The summed E-state index contributed by atoms with van der Waals surface area (Å²) in [7, 11) is 1.81. The first-order valence-corrected chi connectivity index (χ1v) is 9.41. The van der Waals surface area contributed by atoms with E-state index in [-0.39, 0.29) is 12.5 Å². The minimum Gasteiger partial charge on any atom is -0.452 e. The summed E-state index contributed by atoms with van der Waals surface area (Å²) in [5.74, 6) is -0.903. The molecule has 1 amide bonds. The van der Waals surface area contributed by atoms with E-state index in [0.29, 0.717) is 11.3 Å². The number of rotatable bonds is 6. The van der Waals surface area contributed by atoms with Crippen LogP contribution in [-0.2, 0) is 27.9 Å². The molecule has 0 unspecified atom stereocenters. The van der Waals surface area contributed by atoms with Crippen LogP contribution in [0.15, 0.2) is 24.3 Å². The average molecular weight is 387 g/mol. The van der Waals surface area contributed by atoms with Crippen molar-refractivity contribution in [3.63, 3.8) is 0 Å². The van der Waals surface area contributed by atoms with Crippen molar-refractivity contribution in [1.29, 1.82) is 0 Å². The Labute approximate surface area is 164 Å². The maximum absolute atomic E-state index is 12.2. The van der Waals surface area contributed by atoms with Gasteiger partial charge in [0.15, 0.2) is 6.61 Å². The molecule has 2 aromatic rings. The van der Waals surface area contributed by atoms with E-state index in [0.717, 1.165) is 49.8 Å². The number of anilines is 1. The number of hydrogen-bond acceptors (Lipinski definition) is 5. The van der Waals surface area contributed by atoms with E-state index in [9.17, 15) is 9.59 Å². The van der Waals surface area contributed by atoms with Gasteiger partial charge in [0, 0.05) is 12.6 Å². The van der Waals surface area contributed by atoms with Gasteiger partial charge in [0.2, 0.25) is 0 Å². The van der Waals surface area contributed by atoms with Crippen LogP contribution in [0.3, 0.4) is 0 Å². The Hall–Kier alpha value is -2.71. The number of benzene rings is 1. The number of nitrogens with zero attached hydrogens (tertiary/aromatic N) is 2. The summed E-state index contributed by atoms with van der Waals surface area (Å²) < 4.78 is 12.2. The van der Waals surface area contributed by atoms with Gasteiger partial charge in [-0.3, -0.25) is 9.48 Å². The predicted octanol–water partition coefficient (Wildman–Crippen LogP) is 0.248. The first kappa shape index (κ1) is 20.0. The largest absolute Gasteiger partial charge is 0.452 e. The molecular weight excluding hydrogens is 360 g/mol. The van der Waals surface area contributed by atoms with Gasteiger partial charge in [-0.2, -0.15) is 5.10 Å². The van der Waals surface area contributed by atoms with Crippen LogP contribution < -0.4 is 10.2 Å². The molecule has 2 heterocycles. The zero-order valence-corrected chi connectivity index (χ0v) is 16.6. The minimum absolute atomic E-state index is 0.341. The lowest BCUT2D eigenvalue weighted by molar-refractivity contribution is -0.921. The molecule has 0 spiro atoms. The molecule has 8 heteroatoms. The van der Waals surface area contributed by atoms with Crippen molar-refractivity contribution in [3.8, 4) is 0 Å². The Kier molecular flexibility index (Phi) is 6.43. The SMILES string of the molecule is Cc1nn(C)c(C)c1NC(=O)COC(=O)c1ccc(C[NH+]2CCOCC2)cc1. The van der Waals surface area contributed by atoms with Crippen molar-refractivity contribution in [1.82, 2.24) is 9.78 Å². The van der Waals surface area contributed by atoms with Gasteiger partial charge in [-0.05, 0) is 26.0 Å². The summed E-state index contributed by atoms with van der Waals surface area (Å²) in [4.78, 5) is 25.8. The summed E-state index contributed by atoms with van der Waals surface area (Å²) in [5, 5.41) is 6.99. The first-order chi connectivity index (χ1) is 13.4. The second kappa shape index (κ2) is 8.99. The molecule has 8 nitrogen and oxygen atoms in total. The molecule has 0 radical (unpaired) electrons. The van der Waals surface area contributed by atoms with Crippen molar-refractivity contribution >= 4 is 17.6 Å². The highest BCUT2D eigenvalue weighted by Crippen LogP contribution is 2.18. The lowest BCUT2D eigenvalue weighted by Gasteiger charge is -2.23. The molecule has 28 heavy (non-hydrogen) atoms. The van der Waals surface area contributed by atoms with E-state index in [1.54, 1.807) is 16.8 Å². The van der Waals surface area contributed by atoms with Crippen molar-refractivity contribution in [2.24, 2.45) is 7.05 Å². The maximum Gasteiger partial charge on any atom is 0.338 e. The van der Waals surface area contributed by atoms with Gasteiger partial charge in [-0.25, -0.2) is 4.79 Å². The van der Waals surface area contributed by atoms with Crippen LogP contribution in [0.5, 0.6) is 0 Å². The van der Waals surface area contributed by atoms with Crippen molar-refractivity contribution in [3.05, 3.63) is 46.8 Å². The molecule has 0 bridgehead atoms. The fourth-order valence-corrected chi connectivity index (χ4v) is 3.23. The summed E-state index contributed by atoms with van der Waals surface area (Å²) in [6, 6.07) is 7.35. The smallest absolute Gasteiger partial charge is 0.338 e. The molecule has 0 atom stereocenters. The lowest BCUT2D eigenvalue weighted by Crippen LogP contribution is -3.12. The van der Waals surface area contributed by atoms with Crippen LogP contribution >= 0.6 is 0 Å². The third-order valence-corrected chi connectivity index (χ3v) is 4.95. The molecule has 0 saturated carbocycles. The molecule has 150 valence electrons. The number of carbonyl (C=O) groups excluding carboxylic acids is 2. The van der Waals surface area contributed by atoms with Crippen molar-refractivity contribution in [2.45, 2.75) is 20.4 Å². The Morgan fingerprint density at radius 1 is 1.21 bits per heavy atom. The zero-order valence-electron chi connectivity index (χ0n) is 16.6. The standard InChI is InChI=1S/C20H26N4O4/c1-14-19(15(2)23(3)22-14)21-18(25)13-28-20(26)17-6-4-16(5-7-17)12-24-8-10-27-11-9-24/h4-7H,8-13H2,1-3H3,(H,21,25)/p+1. The number of hydrogen-bond donors (Lipinski definition) is 2. The van der Waals surface area contributed by atoms with Gasteiger partial charge in [-0.15, -0.1) is 0 Å². The van der Waals surface area contributed by atoms with E-state index in [4.69, 9.17) is 9.47 Å². The highest BCUT2D eigenvalue weighted by Gasteiger charge is 2.16. The lowest BCUT2D eigenvalue weighted by atomic mass is 10.1. The minimum atomic E-state index is -0.514. The Bertz CT molecular complexity index is 839. The number of amides is 1. The van der Waals surface area contributed by atoms with E-state index in [1.165, 1.54) is 4.90 Å². The fourth-order valence-electron chi connectivity index (χ4n) is 3.23. The molecule has 1 aliphatic rings. The number of ether oxygens (including phenoxy) is 2. The van der Waals surface area contributed by atoms with Gasteiger partial charge >= 0.3 is 5.97 Å². The monoisotopic (exact) mass is 387 g/mol. The molecule has 1 aromatic carbocycles. The number of morpholine rings is 1. The quantitative estimate of drug-likeness (QED) is 0.694. The third kappa shape index (κ3) is 4.96. The number of aryl methyl sites for hydroxylation is 2. The maximum atomic E-state index is 12.2. The molecule has 2 N–H and O–H groups in total. The number of quaternary nitrogens is 1. The molecule has 1 fully saturated rings. The highest BCUT2D eigenvalue weighted by molar-refractivity contribution is 5.96. The second-order valence-electron chi connectivity index (χ2n) is 7.03. The molecule has 3 rings (SSSR count). The van der Waals surface area contributed by atoms with Crippen LogP contribution in [0.1, 0.15) is 27.3 Å². The summed E-state index contributed by atoms with van der Waals surface area (Å²) in [6.07, 6.45) is 0. The fraction of sp³-hybridized carbons (Fsp3) is 0.450. The second-order valence-corrected chi connectivity index (χ2v) is 7.03. The number of nitrogens with one attached hydrogen (secondary N) is 2. The summed E-state index contributed by atoms with van der Waals surface area (Å²) >= 11 is 0. The van der Waals surface area contributed by atoms with Gasteiger partial charge in [0.1, 0.15) is 19.6 Å². The first-order valence-electron chi connectivity index (χ1n) is 9.41. The number of aromatic nitrogens is 2. The predicted molar refractivity (Wildman–Crippen MR) is 103 cm³/mol. The number of esters is 1. The highest BCUT2D eigenvalue weighted by atomic mass is 16.5. The van der Waals surface area contributed by atoms with Crippen molar-refractivity contribution < 1.29 is 24.0 Å². The third-order valence-electron chi connectivity index (χ3n) is 4.95. The summed E-state index contributed by atoms with van der Waals surface area (Å²) in [5.41, 5.74) is 3.81. The average Bonchev–Trinajstić information content (AvgIpc) is 2.93. The molecule has 1 aliphatic heterocycles. The Morgan fingerprint density at radius 2 is 1.89 bits per heavy atom. The number of carbonyl (C=O) groups is 2. The normalized spacial score (nSPS) is 14.7. The van der Waals surface area contributed by atoms with E-state index in [1.807, 2.05) is 33.0 Å².